The van der Waals surface area contributed by atoms with Crippen LogP contribution in [0.4, 0.5) is 4.79 Å². The van der Waals surface area contributed by atoms with Crippen molar-refractivity contribution in [3.05, 3.63) is 71.1 Å². The molecule has 3 atom stereocenters. The number of alkyl halides is 2. The van der Waals surface area contributed by atoms with Gasteiger partial charge in [0.25, 0.3) is 0 Å². The first kappa shape index (κ1) is 24.7. The Labute approximate surface area is 211 Å². The number of fused-ring (bicyclic) bond motifs is 1. The van der Waals surface area contributed by atoms with Crippen LogP contribution in [-0.4, -0.2) is 55.8 Å². The van der Waals surface area contributed by atoms with E-state index < -0.39 is 4.87 Å². The van der Waals surface area contributed by atoms with Crippen molar-refractivity contribution in [1.82, 2.24) is 25.2 Å². The molecule has 2 aromatic rings. The van der Waals surface area contributed by atoms with Crippen LogP contribution in [0.15, 0.2) is 48.6 Å². The number of imidazole rings is 1. The molecule has 2 aliphatic carbocycles. The van der Waals surface area contributed by atoms with Gasteiger partial charge < -0.3 is 20.2 Å². The molecular formula is C26H33Cl2N5O. The highest BCUT2D eigenvalue weighted by molar-refractivity contribution is 6.34. The van der Waals surface area contributed by atoms with Crippen LogP contribution in [0.2, 0.25) is 0 Å². The number of H-pyrrole nitrogens is 2. The van der Waals surface area contributed by atoms with Crippen LogP contribution >= 0.6 is 23.2 Å². The third-order valence-corrected chi connectivity index (χ3v) is 7.61. The van der Waals surface area contributed by atoms with Crippen LogP contribution in [0.3, 0.4) is 0 Å². The van der Waals surface area contributed by atoms with Crippen molar-refractivity contribution in [3.63, 3.8) is 0 Å². The predicted molar refractivity (Wildman–Crippen MR) is 140 cm³/mol. The summed E-state index contributed by atoms with van der Waals surface area (Å²) in [5.41, 5.74) is 5.90. The molecule has 0 saturated carbocycles. The minimum atomic E-state index is -0.667. The Morgan fingerprint density at radius 2 is 2.18 bits per heavy atom. The van der Waals surface area contributed by atoms with E-state index in [1.54, 1.807) is 6.33 Å². The highest BCUT2D eigenvalue weighted by atomic mass is 35.5. The van der Waals surface area contributed by atoms with Gasteiger partial charge in [0.05, 0.1) is 16.6 Å². The minimum Gasteiger partial charge on any atom is -0.361 e. The van der Waals surface area contributed by atoms with Crippen LogP contribution in [0, 0.1) is 0 Å². The van der Waals surface area contributed by atoms with E-state index in [0.717, 1.165) is 37.0 Å². The van der Waals surface area contributed by atoms with Crippen molar-refractivity contribution in [2.75, 3.05) is 19.6 Å². The molecule has 0 spiro atoms. The molecule has 34 heavy (non-hydrogen) atoms. The molecular weight excluding hydrogens is 469 g/mol. The second-order valence-corrected chi connectivity index (χ2v) is 10.7. The third kappa shape index (κ3) is 5.97. The predicted octanol–water partition coefficient (Wildman–Crippen LogP) is 5.55. The maximum atomic E-state index is 13.2. The molecule has 8 heteroatoms. The van der Waals surface area contributed by atoms with Gasteiger partial charge in [0.15, 0.2) is 0 Å². The number of aromatic amines is 2. The number of carbonyl (C=O) groups is 1. The van der Waals surface area contributed by atoms with Gasteiger partial charge in [-0.3, -0.25) is 0 Å². The average Bonchev–Trinajstić information content (AvgIpc) is 3.47. The zero-order valence-electron chi connectivity index (χ0n) is 19.8. The van der Waals surface area contributed by atoms with E-state index in [0.29, 0.717) is 25.6 Å². The van der Waals surface area contributed by atoms with Gasteiger partial charge in [-0.05, 0) is 61.3 Å². The van der Waals surface area contributed by atoms with E-state index in [9.17, 15) is 4.79 Å². The van der Waals surface area contributed by atoms with Crippen LogP contribution in [0.25, 0.3) is 6.08 Å². The Hall–Kier alpha value is -2.44. The van der Waals surface area contributed by atoms with Crippen molar-refractivity contribution in [3.8, 4) is 0 Å². The van der Waals surface area contributed by atoms with Gasteiger partial charge in [0.2, 0.25) is 0 Å². The second kappa shape index (κ2) is 10.9. The number of nitrogens with zero attached hydrogens (tertiary/aromatic N) is 2. The SMILES string of the molecule is CC1CC=Cc2[nH]cc(CCN(CC3=CC(C)(Cl)C(Cl)C=C3)C(=O)NCCCc3cnc[nH]3)c21. The fourth-order valence-electron chi connectivity index (χ4n) is 4.65. The third-order valence-electron chi connectivity index (χ3n) is 6.56. The number of urea groups is 1. The summed E-state index contributed by atoms with van der Waals surface area (Å²) in [6.07, 6.45) is 19.3. The van der Waals surface area contributed by atoms with Crippen LogP contribution in [0.5, 0.6) is 0 Å². The fourth-order valence-corrected chi connectivity index (χ4v) is 5.00. The number of aromatic nitrogens is 3. The number of nitrogens with one attached hydrogen (secondary N) is 3. The molecule has 2 amide bonds. The molecule has 2 heterocycles. The molecule has 3 N–H and O–H groups in total. The molecule has 4 rings (SSSR count). The van der Waals surface area contributed by atoms with E-state index >= 15 is 0 Å². The van der Waals surface area contributed by atoms with Crippen molar-refractivity contribution >= 4 is 35.3 Å². The van der Waals surface area contributed by atoms with Crippen LogP contribution < -0.4 is 5.32 Å². The van der Waals surface area contributed by atoms with E-state index in [-0.39, 0.29) is 11.4 Å². The summed E-state index contributed by atoms with van der Waals surface area (Å²) < 4.78 is 0. The summed E-state index contributed by atoms with van der Waals surface area (Å²) in [4.78, 5) is 24.9. The monoisotopic (exact) mass is 501 g/mol. The summed E-state index contributed by atoms with van der Waals surface area (Å²) in [7, 11) is 0. The maximum Gasteiger partial charge on any atom is 0.317 e. The number of rotatable bonds is 9. The summed E-state index contributed by atoms with van der Waals surface area (Å²) >= 11 is 12.9. The van der Waals surface area contributed by atoms with E-state index in [1.165, 1.54) is 16.8 Å². The summed E-state index contributed by atoms with van der Waals surface area (Å²) in [6, 6.07) is -0.0690. The molecule has 0 aliphatic heterocycles. The van der Waals surface area contributed by atoms with E-state index in [1.807, 2.05) is 36.2 Å². The number of hydrogen-bond acceptors (Lipinski definition) is 2. The number of hydrogen-bond donors (Lipinski definition) is 3. The number of carbonyl (C=O) groups excluding carboxylic acids is 1. The summed E-state index contributed by atoms with van der Waals surface area (Å²) in [5, 5.41) is 2.81. The zero-order valence-corrected chi connectivity index (χ0v) is 21.3. The van der Waals surface area contributed by atoms with Gasteiger partial charge in [-0.2, -0.15) is 0 Å². The standard InChI is InChI=1S/C26H33Cl2N5O/c1-18-5-3-7-22-24(18)20(14-31-22)10-12-33(16-19-8-9-23(27)26(2,28)13-19)25(34)30-11-4-6-21-15-29-17-32-21/h3,7-9,13-15,17-18,23,31H,4-6,10-12,16H2,1-2H3,(H,29,32)(H,30,34). The summed E-state index contributed by atoms with van der Waals surface area (Å²) in [5.74, 6) is 0.479. The molecule has 3 unspecified atom stereocenters. The number of aryl methyl sites for hydroxylation is 1. The Morgan fingerprint density at radius 3 is 2.94 bits per heavy atom. The molecule has 0 bridgehead atoms. The lowest BCUT2D eigenvalue weighted by atomic mass is 9.89. The molecule has 0 aromatic carbocycles. The second-order valence-electron chi connectivity index (χ2n) is 9.40. The Bertz CT molecular complexity index is 1070. The average molecular weight is 502 g/mol. The smallest absolute Gasteiger partial charge is 0.317 e. The highest BCUT2D eigenvalue weighted by Gasteiger charge is 2.30. The van der Waals surface area contributed by atoms with Gasteiger partial charge in [-0.1, -0.05) is 31.2 Å². The molecule has 0 radical (unpaired) electrons. The van der Waals surface area contributed by atoms with Crippen LogP contribution in [0.1, 0.15) is 55.1 Å². The van der Waals surface area contributed by atoms with E-state index in [2.05, 4.69) is 45.5 Å². The van der Waals surface area contributed by atoms with Gasteiger partial charge in [0.1, 0.15) is 0 Å². The van der Waals surface area contributed by atoms with Crippen molar-refractivity contribution in [2.24, 2.45) is 0 Å². The first-order valence-corrected chi connectivity index (χ1v) is 12.7. The lowest BCUT2D eigenvalue weighted by Gasteiger charge is -2.29. The lowest BCUT2D eigenvalue weighted by Crippen LogP contribution is -2.43. The Kier molecular flexibility index (Phi) is 7.89. The number of amides is 2. The number of allylic oxidation sites excluding steroid dienone is 3. The maximum absolute atomic E-state index is 13.2. The lowest BCUT2D eigenvalue weighted by molar-refractivity contribution is 0.203. The molecule has 0 saturated heterocycles. The Morgan fingerprint density at radius 1 is 1.32 bits per heavy atom. The summed E-state index contributed by atoms with van der Waals surface area (Å²) in [6.45, 7) is 5.85. The largest absolute Gasteiger partial charge is 0.361 e. The molecule has 6 nitrogen and oxygen atoms in total. The topological polar surface area (TPSA) is 76.8 Å². The quantitative estimate of drug-likeness (QED) is 0.311. The Balaban J connectivity index is 1.41. The molecule has 182 valence electrons. The first-order valence-electron chi connectivity index (χ1n) is 11.9. The minimum absolute atomic E-state index is 0.0690. The van der Waals surface area contributed by atoms with Gasteiger partial charge in [-0.25, -0.2) is 9.78 Å². The number of halogens is 2. The van der Waals surface area contributed by atoms with Gasteiger partial charge in [0, 0.05) is 43.4 Å². The van der Waals surface area contributed by atoms with Crippen molar-refractivity contribution in [1.29, 1.82) is 0 Å². The van der Waals surface area contributed by atoms with Crippen molar-refractivity contribution in [2.45, 2.75) is 55.7 Å². The fraction of sp³-hybridized carbons (Fsp3) is 0.462. The highest BCUT2D eigenvalue weighted by Crippen LogP contribution is 2.33. The molecule has 2 aliphatic rings. The van der Waals surface area contributed by atoms with Crippen molar-refractivity contribution < 1.29 is 4.79 Å². The molecule has 2 aromatic heterocycles. The molecule has 0 fully saturated rings. The van der Waals surface area contributed by atoms with Gasteiger partial charge >= 0.3 is 6.03 Å². The van der Waals surface area contributed by atoms with E-state index in [4.69, 9.17) is 23.2 Å². The first-order chi connectivity index (χ1) is 16.3. The van der Waals surface area contributed by atoms with Crippen LogP contribution in [-0.2, 0) is 12.8 Å². The normalized spacial score (nSPS) is 23.5. The zero-order chi connectivity index (χ0) is 24.1. The van der Waals surface area contributed by atoms with Gasteiger partial charge in [-0.15, -0.1) is 23.2 Å².